The van der Waals surface area contributed by atoms with Gasteiger partial charge in [-0.1, -0.05) is 12.1 Å². The number of benzene rings is 2. The zero-order valence-corrected chi connectivity index (χ0v) is 21.3. The number of carbonyl (C=O) groups excluding carboxylic acids is 1. The average molecular weight is 556 g/mol. The quantitative estimate of drug-likeness (QED) is 0.203. The van der Waals surface area contributed by atoms with Crippen LogP contribution in [0.2, 0.25) is 0 Å². The largest absolute Gasteiger partial charge is 0.481 e. The zero-order chi connectivity index (χ0) is 28.0. The minimum atomic E-state index is -4.03. The van der Waals surface area contributed by atoms with Gasteiger partial charge in [-0.15, -0.1) is 0 Å². The van der Waals surface area contributed by atoms with Crippen molar-refractivity contribution in [1.82, 2.24) is 9.97 Å². The third kappa shape index (κ3) is 6.58. The standard InChI is InChI=1S/C24H21N5O9S/c1-35-22-13-21(26-24(27-22)36-2)28-39(33,34)17-10-7-15(8-11-17)25-23(30)20-12-9-16(38-20)14-37-19-6-4-3-5-18(19)29(31)32/h3-13H,14H2,1-2H3,(H,25,30)(H,26,27,28). The van der Waals surface area contributed by atoms with Crippen molar-refractivity contribution in [2.75, 3.05) is 24.3 Å². The molecule has 0 fully saturated rings. The molecule has 0 aliphatic rings. The summed E-state index contributed by atoms with van der Waals surface area (Å²) in [6.45, 7) is -0.137. The molecule has 14 nitrogen and oxygen atoms in total. The smallest absolute Gasteiger partial charge is 0.321 e. The molecule has 0 saturated carbocycles. The molecule has 0 unspecified atom stereocenters. The van der Waals surface area contributed by atoms with E-state index in [1.807, 2.05) is 0 Å². The lowest BCUT2D eigenvalue weighted by Crippen LogP contribution is -2.15. The summed E-state index contributed by atoms with van der Waals surface area (Å²) in [5.41, 5.74) is 0.109. The van der Waals surface area contributed by atoms with Crippen molar-refractivity contribution in [3.05, 3.63) is 88.4 Å². The second kappa shape index (κ2) is 11.5. The van der Waals surface area contributed by atoms with E-state index in [4.69, 9.17) is 18.6 Å². The van der Waals surface area contributed by atoms with Gasteiger partial charge in [0.25, 0.3) is 15.9 Å². The zero-order valence-electron chi connectivity index (χ0n) is 20.5. The first-order valence-corrected chi connectivity index (χ1v) is 12.5. The number of nitro benzene ring substituents is 1. The van der Waals surface area contributed by atoms with Crippen LogP contribution in [-0.4, -0.2) is 43.4 Å². The highest BCUT2D eigenvalue weighted by Gasteiger charge is 2.19. The van der Waals surface area contributed by atoms with Crippen molar-refractivity contribution in [1.29, 1.82) is 0 Å². The number of nitrogens with one attached hydrogen (secondary N) is 2. The summed E-state index contributed by atoms with van der Waals surface area (Å²) in [5, 5.41) is 13.7. The molecule has 0 spiro atoms. The van der Waals surface area contributed by atoms with Crippen molar-refractivity contribution in [2.45, 2.75) is 11.5 Å². The highest BCUT2D eigenvalue weighted by atomic mass is 32.2. The Morgan fingerprint density at radius 1 is 1.03 bits per heavy atom. The molecule has 39 heavy (non-hydrogen) atoms. The highest BCUT2D eigenvalue weighted by Crippen LogP contribution is 2.27. The first-order valence-electron chi connectivity index (χ1n) is 11.0. The van der Waals surface area contributed by atoms with Crippen LogP contribution in [-0.2, 0) is 16.6 Å². The van der Waals surface area contributed by atoms with Crippen molar-refractivity contribution in [3.8, 4) is 17.6 Å². The summed E-state index contributed by atoms with van der Waals surface area (Å²) < 4.78 is 48.8. The maximum absolute atomic E-state index is 12.8. The summed E-state index contributed by atoms with van der Waals surface area (Å²) in [4.78, 5) is 30.9. The molecular weight excluding hydrogens is 534 g/mol. The number of hydrogen-bond donors (Lipinski definition) is 2. The minimum Gasteiger partial charge on any atom is -0.481 e. The summed E-state index contributed by atoms with van der Waals surface area (Å²) in [6.07, 6.45) is 0. The Bertz CT molecular complexity index is 1580. The Hall–Kier alpha value is -5.18. The van der Waals surface area contributed by atoms with Crippen molar-refractivity contribution in [3.63, 3.8) is 0 Å². The van der Waals surface area contributed by atoms with E-state index in [9.17, 15) is 23.3 Å². The fraction of sp³-hybridized carbons (Fsp3) is 0.125. The van der Waals surface area contributed by atoms with Gasteiger partial charge in [-0.3, -0.25) is 19.6 Å². The van der Waals surface area contributed by atoms with Gasteiger partial charge in [0, 0.05) is 17.8 Å². The van der Waals surface area contributed by atoms with Gasteiger partial charge in [-0.25, -0.2) is 8.42 Å². The number of anilines is 2. The molecule has 1 amide bonds. The van der Waals surface area contributed by atoms with Crippen LogP contribution < -0.4 is 24.2 Å². The molecule has 0 saturated heterocycles. The highest BCUT2D eigenvalue weighted by molar-refractivity contribution is 7.92. The molecule has 0 bridgehead atoms. The van der Waals surface area contributed by atoms with E-state index in [2.05, 4.69) is 20.0 Å². The Kier molecular flexibility index (Phi) is 7.90. The maximum atomic E-state index is 12.8. The number of methoxy groups -OCH3 is 2. The lowest BCUT2D eigenvalue weighted by atomic mass is 10.3. The van der Waals surface area contributed by atoms with Crippen molar-refractivity contribution >= 4 is 33.1 Å². The fourth-order valence-electron chi connectivity index (χ4n) is 3.22. The first kappa shape index (κ1) is 26.9. The van der Waals surface area contributed by atoms with E-state index < -0.39 is 20.9 Å². The second-order valence-corrected chi connectivity index (χ2v) is 9.33. The number of carbonyl (C=O) groups is 1. The van der Waals surface area contributed by atoms with Gasteiger partial charge in [0.2, 0.25) is 5.88 Å². The molecule has 2 N–H and O–H groups in total. The minimum absolute atomic E-state index is 0.0406. The Balaban J connectivity index is 1.38. The van der Waals surface area contributed by atoms with Crippen LogP contribution in [0.4, 0.5) is 17.2 Å². The lowest BCUT2D eigenvalue weighted by Gasteiger charge is -2.10. The molecule has 0 radical (unpaired) electrons. The third-order valence-electron chi connectivity index (χ3n) is 5.05. The summed E-state index contributed by atoms with van der Waals surface area (Å²) in [5.74, 6) is -0.263. The molecule has 15 heteroatoms. The van der Waals surface area contributed by atoms with Gasteiger partial charge < -0.3 is 23.9 Å². The Labute approximate surface area is 221 Å². The average Bonchev–Trinajstić information content (AvgIpc) is 3.41. The van der Waals surface area contributed by atoms with Crippen molar-refractivity contribution in [2.24, 2.45) is 0 Å². The van der Waals surface area contributed by atoms with E-state index in [0.29, 0.717) is 5.69 Å². The van der Waals surface area contributed by atoms with E-state index in [0.717, 1.165) is 0 Å². The Morgan fingerprint density at radius 3 is 2.46 bits per heavy atom. The molecular formula is C24H21N5O9S. The SMILES string of the molecule is COc1cc(NS(=O)(=O)c2ccc(NC(=O)c3ccc(COc4ccccc4[N+](=O)[O-])o3)cc2)nc(OC)n1. The number of rotatable bonds is 11. The molecule has 2 aromatic carbocycles. The monoisotopic (exact) mass is 555 g/mol. The van der Waals surface area contributed by atoms with Crippen LogP contribution >= 0.6 is 0 Å². The van der Waals surface area contributed by atoms with Gasteiger partial charge in [0.15, 0.2) is 17.3 Å². The predicted molar refractivity (Wildman–Crippen MR) is 136 cm³/mol. The van der Waals surface area contributed by atoms with Gasteiger partial charge in [0.05, 0.1) is 24.0 Å². The van der Waals surface area contributed by atoms with E-state index in [1.165, 1.54) is 74.9 Å². The van der Waals surface area contributed by atoms with Crippen LogP contribution in [0, 0.1) is 10.1 Å². The molecule has 2 aromatic heterocycles. The van der Waals surface area contributed by atoms with Crippen LogP contribution in [0.1, 0.15) is 16.3 Å². The van der Waals surface area contributed by atoms with Crippen molar-refractivity contribution < 1.29 is 36.8 Å². The number of sulfonamides is 1. The topological polar surface area (TPSA) is 185 Å². The summed E-state index contributed by atoms with van der Waals surface area (Å²) in [7, 11) is -1.34. The van der Waals surface area contributed by atoms with Crippen LogP contribution in [0.3, 0.4) is 0 Å². The van der Waals surface area contributed by atoms with E-state index >= 15 is 0 Å². The molecule has 0 atom stereocenters. The predicted octanol–water partition coefficient (Wildman–Crippen LogP) is 3.63. The Morgan fingerprint density at radius 2 is 1.77 bits per heavy atom. The van der Waals surface area contributed by atoms with Gasteiger partial charge in [-0.05, 0) is 42.5 Å². The molecule has 2 heterocycles. The van der Waals surface area contributed by atoms with Gasteiger partial charge >= 0.3 is 11.7 Å². The van der Waals surface area contributed by atoms with E-state index in [1.54, 1.807) is 6.07 Å². The number of nitro groups is 1. The molecule has 0 aliphatic carbocycles. The number of para-hydroxylation sites is 2. The number of furan rings is 1. The van der Waals surface area contributed by atoms with Crippen LogP contribution in [0.5, 0.6) is 17.6 Å². The lowest BCUT2D eigenvalue weighted by molar-refractivity contribution is -0.386. The first-order chi connectivity index (χ1) is 18.7. The summed E-state index contributed by atoms with van der Waals surface area (Å²) >= 11 is 0. The van der Waals surface area contributed by atoms with Gasteiger partial charge in [0.1, 0.15) is 12.4 Å². The van der Waals surface area contributed by atoms with Crippen LogP contribution in [0.25, 0.3) is 0 Å². The molecule has 202 valence electrons. The number of aromatic nitrogens is 2. The number of nitrogens with zero attached hydrogens (tertiary/aromatic N) is 3. The molecule has 4 rings (SSSR count). The van der Waals surface area contributed by atoms with E-state index in [-0.39, 0.29) is 52.2 Å². The molecule has 4 aromatic rings. The normalized spacial score (nSPS) is 10.9. The van der Waals surface area contributed by atoms with Crippen LogP contribution in [0.15, 0.2) is 76.0 Å². The number of ether oxygens (including phenoxy) is 3. The summed E-state index contributed by atoms with van der Waals surface area (Å²) in [6, 6.07) is 15.4. The third-order valence-corrected chi connectivity index (χ3v) is 6.42. The fourth-order valence-corrected chi connectivity index (χ4v) is 4.21. The second-order valence-electron chi connectivity index (χ2n) is 7.65. The maximum Gasteiger partial charge on any atom is 0.321 e. The number of hydrogen-bond acceptors (Lipinski definition) is 11. The van der Waals surface area contributed by atoms with Gasteiger partial charge in [-0.2, -0.15) is 9.97 Å². The number of amides is 1. The molecule has 0 aliphatic heterocycles.